The Bertz CT molecular complexity index is 1400. The van der Waals surface area contributed by atoms with E-state index in [-0.39, 0.29) is 23.8 Å². The third-order valence-corrected chi connectivity index (χ3v) is 9.58. The molecular formula is C30H38N4O4S. The van der Waals surface area contributed by atoms with E-state index in [2.05, 4.69) is 22.4 Å². The van der Waals surface area contributed by atoms with E-state index in [0.717, 1.165) is 53.1 Å². The second-order valence-electron chi connectivity index (χ2n) is 10.9. The molecule has 4 heterocycles. The molecule has 0 unspecified atom stereocenters. The molecule has 1 fully saturated rings. The lowest BCUT2D eigenvalue weighted by Crippen LogP contribution is -2.50. The van der Waals surface area contributed by atoms with Crippen molar-refractivity contribution in [3.05, 3.63) is 57.0 Å². The molecule has 1 saturated heterocycles. The number of aromatic nitrogens is 2. The number of fused-ring (bicyclic) bond motifs is 2. The van der Waals surface area contributed by atoms with Crippen LogP contribution in [0.2, 0.25) is 0 Å². The Morgan fingerprint density at radius 1 is 1.10 bits per heavy atom. The Kier molecular flexibility index (Phi) is 8.35. The van der Waals surface area contributed by atoms with Crippen molar-refractivity contribution in [2.45, 2.75) is 71.8 Å². The number of likely N-dealkylation sites (tertiary alicyclic amines) is 1. The van der Waals surface area contributed by atoms with Gasteiger partial charge >= 0.3 is 0 Å². The molecule has 8 nitrogen and oxygen atoms in total. The van der Waals surface area contributed by atoms with Gasteiger partial charge in [0.15, 0.2) is 0 Å². The largest absolute Gasteiger partial charge is 0.493 e. The number of carbonyl (C=O) groups excluding carboxylic acids is 2. The van der Waals surface area contributed by atoms with Crippen LogP contribution in [0.25, 0.3) is 10.2 Å². The topological polar surface area (TPSA) is 93.5 Å². The molecule has 3 aromatic rings. The van der Waals surface area contributed by atoms with E-state index in [1.54, 1.807) is 10.9 Å². The summed E-state index contributed by atoms with van der Waals surface area (Å²) in [6, 6.07) is 8.21. The van der Waals surface area contributed by atoms with Crippen LogP contribution in [0.4, 0.5) is 0 Å². The minimum atomic E-state index is -0.439. The molecule has 1 aromatic carbocycles. The summed E-state index contributed by atoms with van der Waals surface area (Å²) in [4.78, 5) is 47.6. The van der Waals surface area contributed by atoms with E-state index in [4.69, 9.17) is 4.74 Å². The van der Waals surface area contributed by atoms with Gasteiger partial charge in [0.25, 0.3) is 5.56 Å². The first-order valence-corrected chi connectivity index (χ1v) is 14.9. The smallest absolute Gasteiger partial charge is 0.262 e. The van der Waals surface area contributed by atoms with E-state index >= 15 is 0 Å². The fourth-order valence-electron chi connectivity index (χ4n) is 5.85. The normalized spacial score (nSPS) is 18.4. The molecule has 1 N–H and O–H groups in total. The summed E-state index contributed by atoms with van der Waals surface area (Å²) in [5.41, 5.74) is 1.67. The van der Waals surface area contributed by atoms with Gasteiger partial charge in [-0.05, 0) is 69.6 Å². The third kappa shape index (κ3) is 5.88. The minimum Gasteiger partial charge on any atom is -0.493 e. The average Bonchev–Trinajstić information content (AvgIpc) is 3.24. The molecule has 9 heteroatoms. The number of para-hydroxylation sites is 1. The van der Waals surface area contributed by atoms with Crippen molar-refractivity contribution < 1.29 is 14.3 Å². The number of hydrogen-bond acceptors (Lipinski definition) is 6. The second-order valence-corrected chi connectivity index (χ2v) is 12.1. The summed E-state index contributed by atoms with van der Waals surface area (Å²) in [5, 5.41) is 3.82. The van der Waals surface area contributed by atoms with E-state index in [1.165, 1.54) is 16.9 Å². The fourth-order valence-corrected chi connectivity index (χ4v) is 6.84. The molecule has 2 aliphatic heterocycles. The molecule has 0 bridgehead atoms. The zero-order chi connectivity index (χ0) is 27.4. The van der Waals surface area contributed by atoms with E-state index in [9.17, 15) is 14.4 Å². The van der Waals surface area contributed by atoms with Crippen LogP contribution in [0.1, 0.15) is 60.9 Å². The summed E-state index contributed by atoms with van der Waals surface area (Å²) < 4.78 is 7.53. The quantitative estimate of drug-likeness (QED) is 0.522. The molecule has 1 spiro atoms. The van der Waals surface area contributed by atoms with Gasteiger partial charge in [0.2, 0.25) is 11.8 Å². The predicted octanol–water partition coefficient (Wildman–Crippen LogP) is 4.39. The highest BCUT2D eigenvalue weighted by molar-refractivity contribution is 7.18. The van der Waals surface area contributed by atoms with Crippen molar-refractivity contribution in [1.29, 1.82) is 0 Å². The van der Waals surface area contributed by atoms with E-state index in [0.29, 0.717) is 51.0 Å². The molecule has 2 aliphatic rings. The molecular weight excluding hydrogens is 512 g/mol. The lowest BCUT2D eigenvalue weighted by molar-refractivity contribution is -0.141. The van der Waals surface area contributed by atoms with Crippen LogP contribution < -0.4 is 15.6 Å². The molecule has 0 aliphatic carbocycles. The van der Waals surface area contributed by atoms with Crippen molar-refractivity contribution in [3.63, 3.8) is 0 Å². The van der Waals surface area contributed by atoms with Crippen LogP contribution in [0, 0.1) is 19.3 Å². The standard InChI is InChI=1S/C30H38N4O4S/c1-21-22(2)39-27-26(21)28(36)34(20-32-27)16-11-25(35)33-17-13-30(14-18-33)12-6-5-9-23-8-3-4-10-24(23)38-19-7-15-31-29(30)37/h3-4,8,10,20H,5-7,9,11-19H2,1-2H3,(H,31,37). The molecule has 5 rings (SSSR count). The van der Waals surface area contributed by atoms with Crippen LogP contribution in [-0.2, 0) is 22.6 Å². The highest BCUT2D eigenvalue weighted by atomic mass is 32.1. The number of piperidine rings is 1. The van der Waals surface area contributed by atoms with E-state index < -0.39 is 5.41 Å². The van der Waals surface area contributed by atoms with Crippen LogP contribution in [0.3, 0.4) is 0 Å². The van der Waals surface area contributed by atoms with E-state index in [1.807, 2.05) is 30.9 Å². The van der Waals surface area contributed by atoms with Crippen LogP contribution in [0.5, 0.6) is 5.75 Å². The molecule has 2 aromatic heterocycles. The number of aryl methyl sites for hydroxylation is 4. The zero-order valence-electron chi connectivity index (χ0n) is 23.0. The summed E-state index contributed by atoms with van der Waals surface area (Å²) in [6.07, 6.45) is 7.59. The van der Waals surface area contributed by atoms with Crippen molar-refractivity contribution in [1.82, 2.24) is 19.8 Å². The van der Waals surface area contributed by atoms with Gasteiger partial charge in [-0.15, -0.1) is 11.3 Å². The lowest BCUT2D eigenvalue weighted by Gasteiger charge is -2.41. The molecule has 0 atom stereocenters. The van der Waals surface area contributed by atoms with Gasteiger partial charge in [-0.2, -0.15) is 0 Å². The fraction of sp³-hybridized carbons (Fsp3) is 0.533. The van der Waals surface area contributed by atoms with Crippen LogP contribution >= 0.6 is 11.3 Å². The summed E-state index contributed by atoms with van der Waals surface area (Å²) in [7, 11) is 0. The Labute approximate surface area is 233 Å². The summed E-state index contributed by atoms with van der Waals surface area (Å²) >= 11 is 1.53. The maximum Gasteiger partial charge on any atom is 0.262 e. The maximum atomic E-state index is 13.4. The molecule has 208 valence electrons. The summed E-state index contributed by atoms with van der Waals surface area (Å²) in [5.74, 6) is 1.08. The first kappa shape index (κ1) is 27.4. The first-order valence-electron chi connectivity index (χ1n) is 14.1. The zero-order valence-corrected chi connectivity index (χ0v) is 23.8. The van der Waals surface area contributed by atoms with Gasteiger partial charge < -0.3 is 15.0 Å². The lowest BCUT2D eigenvalue weighted by atomic mass is 9.73. The maximum absolute atomic E-state index is 13.4. The number of rotatable bonds is 3. The Hall–Kier alpha value is -3.20. The van der Waals surface area contributed by atoms with Crippen LogP contribution in [-0.4, -0.2) is 52.5 Å². The molecule has 39 heavy (non-hydrogen) atoms. The van der Waals surface area contributed by atoms with Gasteiger partial charge in [0.05, 0.1) is 23.7 Å². The highest BCUT2D eigenvalue weighted by Crippen LogP contribution is 2.38. The predicted molar refractivity (Wildman–Crippen MR) is 153 cm³/mol. The van der Waals surface area contributed by atoms with Gasteiger partial charge in [-0.3, -0.25) is 19.0 Å². The number of ether oxygens (including phenoxy) is 1. The van der Waals surface area contributed by atoms with Gasteiger partial charge in [0, 0.05) is 37.5 Å². The van der Waals surface area contributed by atoms with Gasteiger partial charge in [-0.1, -0.05) is 24.6 Å². The number of nitrogens with one attached hydrogen (secondary N) is 1. The minimum absolute atomic E-state index is 0.0221. The first-order chi connectivity index (χ1) is 18.9. The van der Waals surface area contributed by atoms with Crippen molar-refractivity contribution in [2.75, 3.05) is 26.2 Å². The SMILES string of the molecule is Cc1sc2ncn(CCC(=O)N3CCC4(CCCCc5ccccc5OCCCNC4=O)CC3)c(=O)c2c1C. The number of benzene rings is 1. The third-order valence-electron chi connectivity index (χ3n) is 8.47. The molecule has 2 amide bonds. The van der Waals surface area contributed by atoms with Crippen LogP contribution in [0.15, 0.2) is 35.4 Å². The van der Waals surface area contributed by atoms with Gasteiger partial charge in [-0.25, -0.2) is 4.98 Å². The second kappa shape index (κ2) is 11.9. The Morgan fingerprint density at radius 3 is 2.72 bits per heavy atom. The number of hydrogen-bond donors (Lipinski definition) is 1. The Morgan fingerprint density at radius 2 is 1.90 bits per heavy atom. The molecule has 0 saturated carbocycles. The number of carbonyl (C=O) groups is 2. The number of amides is 2. The summed E-state index contributed by atoms with van der Waals surface area (Å²) in [6.45, 7) is 6.53. The van der Waals surface area contributed by atoms with Crippen molar-refractivity contribution in [3.8, 4) is 5.75 Å². The monoisotopic (exact) mass is 550 g/mol. The van der Waals surface area contributed by atoms with Gasteiger partial charge in [0.1, 0.15) is 10.6 Å². The number of thiophene rings is 1. The average molecular weight is 551 g/mol. The number of nitrogens with zero attached hydrogens (tertiary/aromatic N) is 3. The van der Waals surface area contributed by atoms with Crippen molar-refractivity contribution in [2.24, 2.45) is 5.41 Å². The Balaban J connectivity index is 1.19. The van der Waals surface area contributed by atoms with Crippen molar-refractivity contribution >= 4 is 33.4 Å². The highest BCUT2D eigenvalue weighted by Gasteiger charge is 2.41. The molecule has 0 radical (unpaired) electrons.